The van der Waals surface area contributed by atoms with Gasteiger partial charge in [-0.25, -0.2) is 0 Å². The molecule has 1 aromatic heterocycles. The second-order valence-corrected chi connectivity index (χ2v) is 6.33. The highest BCUT2D eigenvalue weighted by molar-refractivity contribution is 5.88. The molecule has 0 bridgehead atoms. The van der Waals surface area contributed by atoms with Crippen molar-refractivity contribution in [3.63, 3.8) is 0 Å². The summed E-state index contributed by atoms with van der Waals surface area (Å²) in [4.78, 5) is 27.1. The zero-order valence-corrected chi connectivity index (χ0v) is 15.7. The molecule has 6 nitrogen and oxygen atoms in total. The molecule has 6 heteroatoms. The van der Waals surface area contributed by atoms with Crippen molar-refractivity contribution < 1.29 is 14.1 Å². The number of amides is 2. The van der Waals surface area contributed by atoms with E-state index in [0.29, 0.717) is 25.3 Å². The Morgan fingerprint density at radius 3 is 2.54 bits per heavy atom. The van der Waals surface area contributed by atoms with E-state index in [0.717, 1.165) is 17.7 Å². The summed E-state index contributed by atoms with van der Waals surface area (Å²) in [7, 11) is 0. The molecule has 2 aromatic rings. The second kappa shape index (κ2) is 9.75. The number of carbonyl (C=O) groups is 2. The minimum absolute atomic E-state index is 0.114. The van der Waals surface area contributed by atoms with Gasteiger partial charge in [-0.05, 0) is 25.3 Å². The Hall–Kier alpha value is -2.63. The average Bonchev–Trinajstić information content (AvgIpc) is 3.05. The van der Waals surface area contributed by atoms with E-state index >= 15 is 0 Å². The quantitative estimate of drug-likeness (QED) is 0.749. The molecule has 1 unspecified atom stereocenters. The molecular weight excluding hydrogens is 330 g/mol. The van der Waals surface area contributed by atoms with Crippen molar-refractivity contribution in [2.45, 2.75) is 52.6 Å². The highest BCUT2D eigenvalue weighted by Gasteiger charge is 2.28. The van der Waals surface area contributed by atoms with E-state index in [4.69, 9.17) is 4.52 Å². The molecule has 1 aromatic carbocycles. The number of benzene rings is 1. The monoisotopic (exact) mass is 357 g/mol. The first kappa shape index (κ1) is 19.7. The largest absolute Gasteiger partial charge is 0.361 e. The minimum atomic E-state index is -0.491. The molecule has 2 rings (SSSR count). The van der Waals surface area contributed by atoms with E-state index in [1.165, 1.54) is 0 Å². The van der Waals surface area contributed by atoms with E-state index in [9.17, 15) is 9.59 Å². The van der Waals surface area contributed by atoms with Crippen LogP contribution in [-0.4, -0.2) is 34.5 Å². The van der Waals surface area contributed by atoms with E-state index in [-0.39, 0.29) is 18.2 Å². The molecule has 26 heavy (non-hydrogen) atoms. The second-order valence-electron chi connectivity index (χ2n) is 6.33. The lowest BCUT2D eigenvalue weighted by Gasteiger charge is -2.30. The van der Waals surface area contributed by atoms with Crippen LogP contribution in [0.5, 0.6) is 0 Å². The van der Waals surface area contributed by atoms with Crippen LogP contribution in [0.25, 0.3) is 0 Å². The number of carbonyl (C=O) groups excluding carboxylic acids is 2. The third-order valence-corrected chi connectivity index (χ3v) is 4.16. The summed E-state index contributed by atoms with van der Waals surface area (Å²) in [5.41, 5.74) is 1.77. The third kappa shape index (κ3) is 5.44. The Morgan fingerprint density at radius 1 is 1.23 bits per heavy atom. The maximum absolute atomic E-state index is 12.7. The summed E-state index contributed by atoms with van der Waals surface area (Å²) in [5, 5.41) is 6.76. The maximum Gasteiger partial charge on any atom is 0.243 e. The van der Waals surface area contributed by atoms with Gasteiger partial charge in [-0.1, -0.05) is 49.3 Å². The molecule has 0 spiro atoms. The molecule has 2 amide bonds. The Morgan fingerprint density at radius 2 is 1.96 bits per heavy atom. The van der Waals surface area contributed by atoms with Crippen molar-refractivity contribution in [1.29, 1.82) is 0 Å². The highest BCUT2D eigenvalue weighted by atomic mass is 16.5. The lowest BCUT2D eigenvalue weighted by Crippen LogP contribution is -2.50. The van der Waals surface area contributed by atoms with E-state index in [1.54, 1.807) is 11.0 Å². The Bertz CT molecular complexity index is 712. The fraction of sp³-hybridized carbons (Fsp3) is 0.450. The van der Waals surface area contributed by atoms with Gasteiger partial charge in [0.25, 0.3) is 0 Å². The molecule has 0 saturated carbocycles. The van der Waals surface area contributed by atoms with Crippen LogP contribution in [0.15, 0.2) is 40.9 Å². The fourth-order valence-corrected chi connectivity index (χ4v) is 2.90. The SMILES string of the molecule is CCCN(C(=O)Cc1cc(C)no1)C(CC)C(=O)NCc1ccccc1. The summed E-state index contributed by atoms with van der Waals surface area (Å²) < 4.78 is 5.14. The van der Waals surface area contributed by atoms with Gasteiger partial charge in [0, 0.05) is 19.2 Å². The van der Waals surface area contributed by atoms with Crippen molar-refractivity contribution in [3.8, 4) is 0 Å². The molecule has 0 fully saturated rings. The smallest absolute Gasteiger partial charge is 0.243 e. The molecule has 0 aliphatic rings. The number of nitrogens with one attached hydrogen (secondary N) is 1. The Kier molecular flexibility index (Phi) is 7.38. The van der Waals surface area contributed by atoms with Crippen molar-refractivity contribution in [1.82, 2.24) is 15.4 Å². The molecule has 0 radical (unpaired) electrons. The molecule has 140 valence electrons. The standard InChI is InChI=1S/C20H27N3O3/c1-4-11-23(19(24)13-17-12-15(3)22-26-17)18(5-2)20(25)21-14-16-9-7-6-8-10-16/h6-10,12,18H,4-5,11,13-14H2,1-3H3,(H,21,25). The first-order valence-corrected chi connectivity index (χ1v) is 9.08. The predicted octanol–water partition coefficient (Wildman–Crippen LogP) is 2.86. The highest BCUT2D eigenvalue weighted by Crippen LogP contribution is 2.12. The topological polar surface area (TPSA) is 75.4 Å². The lowest BCUT2D eigenvalue weighted by molar-refractivity contribution is -0.140. The van der Waals surface area contributed by atoms with Crippen LogP contribution in [0, 0.1) is 6.92 Å². The van der Waals surface area contributed by atoms with Gasteiger partial charge in [-0.3, -0.25) is 9.59 Å². The number of hydrogen-bond acceptors (Lipinski definition) is 4. The molecule has 1 atom stereocenters. The summed E-state index contributed by atoms with van der Waals surface area (Å²) >= 11 is 0. The predicted molar refractivity (Wildman–Crippen MR) is 99.3 cm³/mol. The van der Waals surface area contributed by atoms with Gasteiger partial charge in [0.05, 0.1) is 12.1 Å². The first-order valence-electron chi connectivity index (χ1n) is 9.08. The number of nitrogens with zero attached hydrogens (tertiary/aromatic N) is 2. The van der Waals surface area contributed by atoms with Crippen LogP contribution in [-0.2, 0) is 22.6 Å². The Labute approximate surface area is 154 Å². The van der Waals surface area contributed by atoms with Crippen LogP contribution in [0.1, 0.15) is 43.7 Å². The number of aromatic nitrogens is 1. The molecule has 1 heterocycles. The summed E-state index contributed by atoms with van der Waals surface area (Å²) in [5.74, 6) is 0.268. The van der Waals surface area contributed by atoms with Crippen LogP contribution in [0.2, 0.25) is 0 Å². The number of rotatable bonds is 9. The van der Waals surface area contributed by atoms with E-state index in [2.05, 4.69) is 10.5 Å². The van der Waals surface area contributed by atoms with Crippen LogP contribution < -0.4 is 5.32 Å². The van der Waals surface area contributed by atoms with Gasteiger partial charge in [0.2, 0.25) is 11.8 Å². The van der Waals surface area contributed by atoms with Gasteiger partial charge < -0.3 is 14.7 Å². The van der Waals surface area contributed by atoms with Gasteiger partial charge in [-0.2, -0.15) is 0 Å². The van der Waals surface area contributed by atoms with Crippen molar-refractivity contribution in [2.24, 2.45) is 0 Å². The van der Waals surface area contributed by atoms with Gasteiger partial charge >= 0.3 is 0 Å². The zero-order valence-electron chi connectivity index (χ0n) is 15.7. The third-order valence-electron chi connectivity index (χ3n) is 4.16. The van der Waals surface area contributed by atoms with Crippen molar-refractivity contribution in [2.75, 3.05) is 6.54 Å². The van der Waals surface area contributed by atoms with Crippen LogP contribution >= 0.6 is 0 Å². The van der Waals surface area contributed by atoms with Crippen LogP contribution in [0.4, 0.5) is 0 Å². The molecular formula is C20H27N3O3. The fourth-order valence-electron chi connectivity index (χ4n) is 2.90. The maximum atomic E-state index is 12.7. The van der Waals surface area contributed by atoms with Gasteiger partial charge in [-0.15, -0.1) is 0 Å². The van der Waals surface area contributed by atoms with Gasteiger partial charge in [0.15, 0.2) is 0 Å². The van der Waals surface area contributed by atoms with E-state index in [1.807, 2.05) is 51.1 Å². The normalized spacial score (nSPS) is 11.8. The summed E-state index contributed by atoms with van der Waals surface area (Å²) in [6, 6.07) is 11.0. The lowest BCUT2D eigenvalue weighted by atomic mass is 10.1. The zero-order chi connectivity index (χ0) is 18.9. The van der Waals surface area contributed by atoms with Crippen molar-refractivity contribution in [3.05, 3.63) is 53.4 Å². The summed E-state index contributed by atoms with van der Waals surface area (Å²) in [6.45, 7) is 6.71. The molecule has 0 aliphatic heterocycles. The average molecular weight is 357 g/mol. The number of hydrogen-bond donors (Lipinski definition) is 1. The van der Waals surface area contributed by atoms with Crippen LogP contribution in [0.3, 0.4) is 0 Å². The molecule has 0 saturated heterocycles. The van der Waals surface area contributed by atoms with Crippen molar-refractivity contribution >= 4 is 11.8 Å². The van der Waals surface area contributed by atoms with E-state index < -0.39 is 6.04 Å². The van der Waals surface area contributed by atoms with Gasteiger partial charge in [0.1, 0.15) is 11.8 Å². The minimum Gasteiger partial charge on any atom is -0.361 e. The molecule has 0 aliphatic carbocycles. The summed E-state index contributed by atoms with van der Waals surface area (Å²) in [6.07, 6.45) is 1.45. The number of aryl methyl sites for hydroxylation is 1. The first-order chi connectivity index (χ1) is 12.5. The molecule has 1 N–H and O–H groups in total. The Balaban J connectivity index is 2.03.